The third kappa shape index (κ3) is 5.77. The van der Waals surface area contributed by atoms with Crippen LogP contribution in [0.1, 0.15) is 39.0 Å². The lowest BCUT2D eigenvalue weighted by Gasteiger charge is -2.20. The topological polar surface area (TPSA) is 96.5 Å². The third-order valence-corrected chi connectivity index (χ3v) is 4.19. The Morgan fingerprint density at radius 1 is 1.12 bits per heavy atom. The lowest BCUT2D eigenvalue weighted by molar-refractivity contribution is -0.128. The van der Waals surface area contributed by atoms with E-state index in [0.717, 1.165) is 25.7 Å². The van der Waals surface area contributed by atoms with Gasteiger partial charge < -0.3 is 20.7 Å². The maximum absolute atomic E-state index is 12.1. The zero-order valence-corrected chi connectivity index (χ0v) is 14.7. The molecule has 0 heterocycles. The van der Waals surface area contributed by atoms with E-state index in [1.807, 2.05) is 0 Å². The second kappa shape index (κ2) is 9.05. The summed E-state index contributed by atoms with van der Waals surface area (Å²) in [6.45, 7) is 1.31. The van der Waals surface area contributed by atoms with Gasteiger partial charge in [0.05, 0.1) is 19.3 Å². The minimum Gasteiger partial charge on any atom is -0.495 e. The number of hydrogen-bond acceptors (Lipinski definition) is 4. The lowest BCUT2D eigenvalue weighted by atomic mass is 9.89. The van der Waals surface area contributed by atoms with E-state index in [4.69, 9.17) is 4.74 Å². The third-order valence-electron chi connectivity index (χ3n) is 4.19. The van der Waals surface area contributed by atoms with Crippen molar-refractivity contribution in [2.24, 2.45) is 5.92 Å². The highest BCUT2D eigenvalue weighted by atomic mass is 16.5. The first-order chi connectivity index (χ1) is 12.0. The summed E-state index contributed by atoms with van der Waals surface area (Å²) in [5, 5.41) is 8.05. The molecule has 136 valence electrons. The SMILES string of the molecule is COc1ccc(NC(C)=O)cc1NC(=O)CNC(=O)C1CCCCC1. The maximum Gasteiger partial charge on any atom is 0.243 e. The maximum atomic E-state index is 12.1. The first-order valence-corrected chi connectivity index (χ1v) is 8.53. The van der Waals surface area contributed by atoms with Crippen molar-refractivity contribution < 1.29 is 19.1 Å². The van der Waals surface area contributed by atoms with Crippen molar-refractivity contribution in [2.75, 3.05) is 24.3 Å². The summed E-state index contributed by atoms with van der Waals surface area (Å²) in [5.41, 5.74) is 0.987. The Kier molecular flexibility index (Phi) is 6.80. The van der Waals surface area contributed by atoms with E-state index in [0.29, 0.717) is 17.1 Å². The smallest absolute Gasteiger partial charge is 0.243 e. The van der Waals surface area contributed by atoms with Crippen molar-refractivity contribution in [3.05, 3.63) is 18.2 Å². The van der Waals surface area contributed by atoms with E-state index in [-0.39, 0.29) is 30.2 Å². The number of rotatable bonds is 6. The largest absolute Gasteiger partial charge is 0.495 e. The van der Waals surface area contributed by atoms with Crippen molar-refractivity contribution in [3.63, 3.8) is 0 Å². The minimum atomic E-state index is -0.345. The van der Waals surface area contributed by atoms with E-state index in [1.165, 1.54) is 20.5 Å². The molecule has 7 heteroatoms. The Morgan fingerprint density at radius 2 is 1.84 bits per heavy atom. The first-order valence-electron chi connectivity index (χ1n) is 8.53. The standard InChI is InChI=1S/C18H25N3O4/c1-12(22)20-14-8-9-16(25-2)15(10-14)21-17(23)11-19-18(24)13-6-4-3-5-7-13/h8-10,13H,3-7,11H2,1-2H3,(H,19,24)(H,20,22)(H,21,23). The molecular formula is C18H25N3O4. The number of nitrogens with one attached hydrogen (secondary N) is 3. The van der Waals surface area contributed by atoms with Crippen molar-refractivity contribution >= 4 is 29.1 Å². The number of methoxy groups -OCH3 is 1. The van der Waals surface area contributed by atoms with Crippen LogP contribution in [0, 0.1) is 5.92 Å². The van der Waals surface area contributed by atoms with Gasteiger partial charge in [0.2, 0.25) is 17.7 Å². The molecule has 0 unspecified atom stereocenters. The Bertz CT molecular complexity index is 639. The summed E-state index contributed by atoms with van der Waals surface area (Å²) in [6.07, 6.45) is 5.09. The average Bonchev–Trinajstić information content (AvgIpc) is 2.60. The van der Waals surface area contributed by atoms with Crippen molar-refractivity contribution in [1.82, 2.24) is 5.32 Å². The molecule has 0 bridgehead atoms. The quantitative estimate of drug-likeness (QED) is 0.735. The van der Waals surface area contributed by atoms with Crippen LogP contribution in [-0.4, -0.2) is 31.4 Å². The van der Waals surface area contributed by atoms with Crippen LogP contribution in [0.3, 0.4) is 0 Å². The van der Waals surface area contributed by atoms with E-state index in [9.17, 15) is 14.4 Å². The van der Waals surface area contributed by atoms with Gasteiger partial charge in [0.15, 0.2) is 0 Å². The monoisotopic (exact) mass is 347 g/mol. The number of benzene rings is 1. The predicted molar refractivity (Wildman–Crippen MR) is 95.5 cm³/mol. The Labute approximate surface area is 147 Å². The molecule has 1 aliphatic carbocycles. The van der Waals surface area contributed by atoms with Gasteiger partial charge in [0.25, 0.3) is 0 Å². The van der Waals surface area contributed by atoms with Gasteiger partial charge in [0.1, 0.15) is 5.75 Å². The molecule has 1 aromatic rings. The highest BCUT2D eigenvalue weighted by molar-refractivity contribution is 5.97. The molecule has 0 atom stereocenters. The molecule has 1 aromatic carbocycles. The summed E-state index contributed by atoms with van der Waals surface area (Å²) in [4.78, 5) is 35.4. The van der Waals surface area contributed by atoms with Crippen LogP contribution >= 0.6 is 0 Å². The predicted octanol–water partition coefficient (Wildman–Crippen LogP) is 2.29. The van der Waals surface area contributed by atoms with Crippen LogP contribution in [0.25, 0.3) is 0 Å². The second-order valence-corrected chi connectivity index (χ2v) is 6.20. The molecule has 0 saturated heterocycles. The van der Waals surface area contributed by atoms with Crippen LogP contribution in [0.5, 0.6) is 5.75 Å². The normalized spacial score (nSPS) is 14.5. The Hall–Kier alpha value is -2.57. The van der Waals surface area contributed by atoms with Gasteiger partial charge in [0, 0.05) is 18.5 Å². The van der Waals surface area contributed by atoms with Crippen LogP contribution < -0.4 is 20.7 Å². The number of anilines is 2. The fourth-order valence-electron chi connectivity index (χ4n) is 2.96. The molecule has 0 radical (unpaired) electrons. The van der Waals surface area contributed by atoms with Gasteiger partial charge in [-0.1, -0.05) is 19.3 Å². The van der Waals surface area contributed by atoms with Crippen LogP contribution in [0.2, 0.25) is 0 Å². The summed E-state index contributed by atoms with van der Waals surface area (Å²) < 4.78 is 5.21. The summed E-state index contributed by atoms with van der Waals surface area (Å²) in [6, 6.07) is 4.95. The molecule has 25 heavy (non-hydrogen) atoms. The average molecular weight is 347 g/mol. The molecule has 2 rings (SSSR count). The molecule has 0 aromatic heterocycles. The Morgan fingerprint density at radius 3 is 2.48 bits per heavy atom. The summed E-state index contributed by atoms with van der Waals surface area (Å²) in [5.74, 6) is -0.126. The van der Waals surface area contributed by atoms with Crippen molar-refractivity contribution in [1.29, 1.82) is 0 Å². The molecule has 1 aliphatic rings. The highest BCUT2D eigenvalue weighted by Gasteiger charge is 2.21. The van der Waals surface area contributed by atoms with Gasteiger partial charge in [-0.25, -0.2) is 0 Å². The van der Waals surface area contributed by atoms with Gasteiger partial charge in [-0.3, -0.25) is 14.4 Å². The molecule has 7 nitrogen and oxygen atoms in total. The molecule has 3 amide bonds. The minimum absolute atomic E-state index is 0.0131. The number of ether oxygens (including phenoxy) is 1. The van der Waals surface area contributed by atoms with Crippen LogP contribution in [0.4, 0.5) is 11.4 Å². The van der Waals surface area contributed by atoms with E-state index < -0.39 is 0 Å². The molecule has 1 saturated carbocycles. The lowest BCUT2D eigenvalue weighted by Crippen LogP contribution is -2.37. The van der Waals surface area contributed by atoms with Crippen LogP contribution in [0.15, 0.2) is 18.2 Å². The van der Waals surface area contributed by atoms with Crippen LogP contribution in [-0.2, 0) is 14.4 Å². The van der Waals surface area contributed by atoms with Gasteiger partial charge in [-0.2, -0.15) is 0 Å². The zero-order chi connectivity index (χ0) is 18.2. The first kappa shape index (κ1) is 18.8. The second-order valence-electron chi connectivity index (χ2n) is 6.20. The number of hydrogen-bond donors (Lipinski definition) is 3. The Balaban J connectivity index is 1.92. The summed E-state index contributed by atoms with van der Waals surface area (Å²) >= 11 is 0. The highest BCUT2D eigenvalue weighted by Crippen LogP contribution is 2.28. The molecule has 1 fully saturated rings. The number of carbonyl (C=O) groups excluding carboxylic acids is 3. The molecule has 0 aliphatic heterocycles. The molecule has 0 spiro atoms. The van der Waals surface area contributed by atoms with Crippen molar-refractivity contribution in [2.45, 2.75) is 39.0 Å². The van der Waals surface area contributed by atoms with Crippen molar-refractivity contribution in [3.8, 4) is 5.75 Å². The summed E-state index contributed by atoms with van der Waals surface area (Å²) in [7, 11) is 1.49. The van der Waals surface area contributed by atoms with Gasteiger partial charge in [-0.15, -0.1) is 0 Å². The van der Waals surface area contributed by atoms with Gasteiger partial charge >= 0.3 is 0 Å². The number of carbonyl (C=O) groups is 3. The number of amides is 3. The zero-order valence-electron chi connectivity index (χ0n) is 14.7. The van der Waals surface area contributed by atoms with Gasteiger partial charge in [-0.05, 0) is 31.0 Å². The fourth-order valence-corrected chi connectivity index (χ4v) is 2.96. The van der Waals surface area contributed by atoms with E-state index in [2.05, 4.69) is 16.0 Å². The molecule has 3 N–H and O–H groups in total. The van der Waals surface area contributed by atoms with E-state index >= 15 is 0 Å². The van der Waals surface area contributed by atoms with E-state index in [1.54, 1.807) is 18.2 Å². The fraction of sp³-hybridized carbons (Fsp3) is 0.500. The molecular weight excluding hydrogens is 322 g/mol.